The highest BCUT2D eigenvalue weighted by atomic mass is 32.2. The fraction of sp³-hybridized carbons (Fsp3) is 0.364. The van der Waals surface area contributed by atoms with Crippen LogP contribution in [0.4, 0.5) is 0 Å². The largest absolute Gasteiger partial charge is 0.352 e. The second-order valence-corrected chi connectivity index (χ2v) is 4.43. The van der Waals surface area contributed by atoms with Gasteiger partial charge in [-0.3, -0.25) is 9.59 Å². The Hall–Kier alpha value is -1.56. The molecule has 0 saturated carbocycles. The van der Waals surface area contributed by atoms with E-state index in [1.807, 2.05) is 0 Å². The SMILES string of the molecule is C=CCNC(=O)CSc1nc(C)c(C)c(=O)[nH]1. The van der Waals surface area contributed by atoms with E-state index in [0.717, 1.165) is 0 Å². The number of aromatic amines is 1. The van der Waals surface area contributed by atoms with Crippen LogP contribution in [0.2, 0.25) is 0 Å². The van der Waals surface area contributed by atoms with Gasteiger partial charge < -0.3 is 10.3 Å². The molecule has 6 heteroatoms. The second-order valence-electron chi connectivity index (χ2n) is 3.46. The zero-order valence-corrected chi connectivity index (χ0v) is 10.7. The molecule has 0 aliphatic carbocycles. The van der Waals surface area contributed by atoms with Crippen molar-refractivity contribution in [2.45, 2.75) is 19.0 Å². The third-order valence-corrected chi connectivity index (χ3v) is 3.03. The smallest absolute Gasteiger partial charge is 0.254 e. The van der Waals surface area contributed by atoms with Gasteiger partial charge in [0.05, 0.1) is 5.75 Å². The zero-order valence-electron chi connectivity index (χ0n) is 9.87. The molecule has 1 aromatic heterocycles. The predicted octanol–water partition coefficient (Wildman–Crippen LogP) is 0.781. The second kappa shape index (κ2) is 6.24. The van der Waals surface area contributed by atoms with Crippen molar-refractivity contribution in [1.29, 1.82) is 0 Å². The minimum absolute atomic E-state index is 0.115. The lowest BCUT2D eigenvalue weighted by atomic mass is 10.3. The van der Waals surface area contributed by atoms with Crippen LogP contribution >= 0.6 is 11.8 Å². The molecule has 1 amide bonds. The number of hydrogen-bond acceptors (Lipinski definition) is 4. The molecular formula is C11H15N3O2S. The first-order valence-electron chi connectivity index (χ1n) is 5.12. The van der Waals surface area contributed by atoms with Gasteiger partial charge in [-0.05, 0) is 13.8 Å². The monoisotopic (exact) mass is 253 g/mol. The van der Waals surface area contributed by atoms with E-state index in [2.05, 4.69) is 21.9 Å². The normalized spacial score (nSPS) is 10.0. The average Bonchev–Trinajstić information content (AvgIpc) is 2.30. The molecule has 2 N–H and O–H groups in total. The van der Waals surface area contributed by atoms with Crippen molar-refractivity contribution in [3.8, 4) is 0 Å². The number of thioether (sulfide) groups is 1. The van der Waals surface area contributed by atoms with E-state index in [4.69, 9.17) is 0 Å². The number of carbonyl (C=O) groups is 1. The van der Waals surface area contributed by atoms with E-state index in [1.54, 1.807) is 19.9 Å². The van der Waals surface area contributed by atoms with Gasteiger partial charge in [0.25, 0.3) is 5.56 Å². The van der Waals surface area contributed by atoms with Gasteiger partial charge in [-0.25, -0.2) is 4.98 Å². The summed E-state index contributed by atoms with van der Waals surface area (Å²) in [6.07, 6.45) is 1.61. The van der Waals surface area contributed by atoms with Crippen molar-refractivity contribution in [1.82, 2.24) is 15.3 Å². The van der Waals surface area contributed by atoms with Gasteiger partial charge in [0.1, 0.15) is 0 Å². The first-order chi connectivity index (χ1) is 8.04. The van der Waals surface area contributed by atoms with Crippen LogP contribution in [-0.4, -0.2) is 28.2 Å². The lowest BCUT2D eigenvalue weighted by molar-refractivity contribution is -0.118. The lowest BCUT2D eigenvalue weighted by Crippen LogP contribution is -2.25. The summed E-state index contributed by atoms with van der Waals surface area (Å²) >= 11 is 1.20. The highest BCUT2D eigenvalue weighted by Crippen LogP contribution is 2.11. The summed E-state index contributed by atoms with van der Waals surface area (Å²) in [4.78, 5) is 29.6. The zero-order chi connectivity index (χ0) is 12.8. The summed E-state index contributed by atoms with van der Waals surface area (Å²) in [6.45, 7) is 7.43. The van der Waals surface area contributed by atoms with Gasteiger partial charge in [-0.2, -0.15) is 0 Å². The summed E-state index contributed by atoms with van der Waals surface area (Å²) < 4.78 is 0. The maximum Gasteiger partial charge on any atom is 0.254 e. The molecule has 5 nitrogen and oxygen atoms in total. The van der Waals surface area contributed by atoms with Crippen molar-refractivity contribution < 1.29 is 4.79 Å². The molecule has 92 valence electrons. The number of aryl methyl sites for hydroxylation is 1. The van der Waals surface area contributed by atoms with Gasteiger partial charge in [0.15, 0.2) is 5.16 Å². The van der Waals surface area contributed by atoms with Gasteiger partial charge >= 0.3 is 0 Å². The van der Waals surface area contributed by atoms with Crippen LogP contribution in [0.5, 0.6) is 0 Å². The minimum atomic E-state index is -0.161. The summed E-state index contributed by atoms with van der Waals surface area (Å²) in [6, 6.07) is 0. The van der Waals surface area contributed by atoms with E-state index >= 15 is 0 Å². The molecule has 0 fully saturated rings. The number of rotatable bonds is 5. The highest BCUT2D eigenvalue weighted by Gasteiger charge is 2.06. The number of nitrogens with zero attached hydrogens (tertiary/aromatic N) is 1. The molecule has 1 rings (SSSR count). The van der Waals surface area contributed by atoms with Gasteiger partial charge in [0, 0.05) is 17.8 Å². The van der Waals surface area contributed by atoms with Crippen LogP contribution in [0.15, 0.2) is 22.6 Å². The van der Waals surface area contributed by atoms with E-state index < -0.39 is 0 Å². The fourth-order valence-corrected chi connectivity index (χ4v) is 1.79. The minimum Gasteiger partial charge on any atom is -0.352 e. The van der Waals surface area contributed by atoms with Gasteiger partial charge in [-0.1, -0.05) is 17.8 Å². The third-order valence-electron chi connectivity index (χ3n) is 2.16. The molecule has 0 unspecified atom stereocenters. The van der Waals surface area contributed by atoms with E-state index in [1.165, 1.54) is 11.8 Å². The number of amides is 1. The number of nitrogens with one attached hydrogen (secondary N) is 2. The molecule has 1 heterocycles. The number of H-pyrrole nitrogens is 1. The average molecular weight is 253 g/mol. The van der Waals surface area contributed by atoms with E-state index in [0.29, 0.717) is 23.0 Å². The van der Waals surface area contributed by atoms with Gasteiger partial charge in [0.2, 0.25) is 5.91 Å². The van der Waals surface area contributed by atoms with Crippen molar-refractivity contribution in [3.05, 3.63) is 34.3 Å². The molecule has 0 bridgehead atoms. The van der Waals surface area contributed by atoms with Crippen molar-refractivity contribution in [2.75, 3.05) is 12.3 Å². The van der Waals surface area contributed by atoms with Crippen molar-refractivity contribution >= 4 is 17.7 Å². The molecule has 0 radical (unpaired) electrons. The quantitative estimate of drug-likeness (QED) is 0.462. The Kier molecular flexibility index (Phi) is 4.96. The molecule has 0 saturated heterocycles. The van der Waals surface area contributed by atoms with Crippen molar-refractivity contribution in [2.24, 2.45) is 0 Å². The fourth-order valence-electron chi connectivity index (χ4n) is 1.06. The van der Waals surface area contributed by atoms with E-state index in [9.17, 15) is 9.59 Å². The first-order valence-corrected chi connectivity index (χ1v) is 6.11. The Morgan fingerprint density at radius 3 is 2.88 bits per heavy atom. The molecule has 1 aromatic rings. The van der Waals surface area contributed by atoms with Crippen LogP contribution in [0, 0.1) is 13.8 Å². The third kappa shape index (κ3) is 4.07. The standard InChI is InChI=1S/C11H15N3O2S/c1-4-5-12-9(15)6-17-11-13-8(3)7(2)10(16)14-11/h4H,1,5-6H2,2-3H3,(H,12,15)(H,13,14,16). The molecule has 0 atom stereocenters. The lowest BCUT2D eigenvalue weighted by Gasteiger charge is -2.04. The summed E-state index contributed by atoms with van der Waals surface area (Å²) in [5, 5.41) is 3.11. The van der Waals surface area contributed by atoms with Crippen LogP contribution in [0.3, 0.4) is 0 Å². The highest BCUT2D eigenvalue weighted by molar-refractivity contribution is 7.99. The van der Waals surface area contributed by atoms with Crippen LogP contribution in [-0.2, 0) is 4.79 Å². The van der Waals surface area contributed by atoms with Crippen LogP contribution < -0.4 is 10.9 Å². The van der Waals surface area contributed by atoms with Crippen LogP contribution in [0.1, 0.15) is 11.3 Å². The Labute approximate surface area is 104 Å². The van der Waals surface area contributed by atoms with Gasteiger partial charge in [-0.15, -0.1) is 6.58 Å². The molecule has 0 aromatic carbocycles. The molecule has 0 spiro atoms. The van der Waals surface area contributed by atoms with Crippen molar-refractivity contribution in [3.63, 3.8) is 0 Å². The number of carbonyl (C=O) groups excluding carboxylic acids is 1. The number of hydrogen-bond donors (Lipinski definition) is 2. The molecular weight excluding hydrogens is 238 g/mol. The maximum atomic E-state index is 11.5. The molecule has 17 heavy (non-hydrogen) atoms. The Morgan fingerprint density at radius 2 is 2.29 bits per heavy atom. The van der Waals surface area contributed by atoms with Crippen LogP contribution in [0.25, 0.3) is 0 Å². The Balaban J connectivity index is 2.61. The Bertz CT molecular complexity index is 482. The molecule has 0 aliphatic heterocycles. The van der Waals surface area contributed by atoms with E-state index in [-0.39, 0.29) is 17.2 Å². The topological polar surface area (TPSA) is 74.8 Å². The Morgan fingerprint density at radius 1 is 1.59 bits per heavy atom. The maximum absolute atomic E-state index is 11.5. The summed E-state index contributed by atoms with van der Waals surface area (Å²) in [5.74, 6) is 0.106. The number of aromatic nitrogens is 2. The summed E-state index contributed by atoms with van der Waals surface area (Å²) in [5.41, 5.74) is 1.12. The predicted molar refractivity (Wildman–Crippen MR) is 68.3 cm³/mol. The first kappa shape index (κ1) is 13.5. The molecule has 0 aliphatic rings. The summed E-state index contributed by atoms with van der Waals surface area (Å²) in [7, 11) is 0.